The maximum Gasteiger partial charge on any atom is 0.417 e. The molecule has 1 aromatic heterocycles. The third-order valence-electron chi connectivity index (χ3n) is 3.10. The van der Waals surface area contributed by atoms with Crippen LogP contribution >= 0.6 is 0 Å². The Bertz CT molecular complexity index is 554. The first-order valence-electron chi connectivity index (χ1n) is 5.65. The summed E-state index contributed by atoms with van der Waals surface area (Å²) >= 11 is 0. The number of rotatable bonds is 4. The Balaban J connectivity index is 2.38. The Morgan fingerprint density at radius 3 is 2.94 bits per heavy atom. The van der Waals surface area contributed by atoms with Gasteiger partial charge in [0, 0.05) is 18.6 Å². The molecule has 2 unspecified atom stereocenters. The SMILES string of the molecule is CCC(CO)C(N)c1ccc2[nH]c(=O)oc2c1. The van der Waals surface area contributed by atoms with E-state index in [0.29, 0.717) is 11.1 Å². The molecule has 0 fully saturated rings. The van der Waals surface area contributed by atoms with Crippen LogP contribution in [0.3, 0.4) is 0 Å². The van der Waals surface area contributed by atoms with Gasteiger partial charge in [0.05, 0.1) is 5.52 Å². The van der Waals surface area contributed by atoms with Crippen LogP contribution in [-0.4, -0.2) is 16.7 Å². The van der Waals surface area contributed by atoms with Gasteiger partial charge in [0.1, 0.15) is 0 Å². The van der Waals surface area contributed by atoms with E-state index in [0.717, 1.165) is 12.0 Å². The van der Waals surface area contributed by atoms with Crippen LogP contribution < -0.4 is 11.5 Å². The van der Waals surface area contributed by atoms with Gasteiger partial charge in [0.25, 0.3) is 0 Å². The molecule has 5 heteroatoms. The zero-order valence-corrected chi connectivity index (χ0v) is 9.64. The van der Waals surface area contributed by atoms with Crippen LogP contribution in [0.5, 0.6) is 0 Å². The largest absolute Gasteiger partial charge is 0.417 e. The molecule has 0 bridgehead atoms. The Labute approximate surface area is 98.2 Å². The van der Waals surface area contributed by atoms with Crippen LogP contribution in [0.4, 0.5) is 0 Å². The minimum absolute atomic E-state index is 0.0121. The summed E-state index contributed by atoms with van der Waals surface area (Å²) in [6, 6.07) is 5.10. The van der Waals surface area contributed by atoms with Crippen molar-refractivity contribution in [1.82, 2.24) is 4.98 Å². The smallest absolute Gasteiger partial charge is 0.408 e. The number of aliphatic hydroxyl groups is 1. The lowest BCUT2D eigenvalue weighted by molar-refractivity contribution is 0.200. The number of benzene rings is 1. The number of fused-ring (bicyclic) bond motifs is 1. The maximum absolute atomic E-state index is 11.0. The monoisotopic (exact) mass is 236 g/mol. The maximum atomic E-state index is 11.0. The van der Waals surface area contributed by atoms with Crippen LogP contribution in [0.1, 0.15) is 24.9 Å². The molecule has 0 radical (unpaired) electrons. The van der Waals surface area contributed by atoms with Crippen LogP contribution in [-0.2, 0) is 0 Å². The van der Waals surface area contributed by atoms with E-state index in [1.807, 2.05) is 13.0 Å². The summed E-state index contributed by atoms with van der Waals surface area (Å²) < 4.78 is 4.98. The molecule has 0 saturated carbocycles. The van der Waals surface area contributed by atoms with Crippen LogP contribution in [0.2, 0.25) is 0 Å². The van der Waals surface area contributed by atoms with Crippen molar-refractivity contribution in [3.63, 3.8) is 0 Å². The average Bonchev–Trinajstić information content (AvgIpc) is 2.69. The molecule has 92 valence electrons. The number of hydrogen-bond donors (Lipinski definition) is 3. The lowest BCUT2D eigenvalue weighted by Gasteiger charge is -2.20. The summed E-state index contributed by atoms with van der Waals surface area (Å²) in [5.41, 5.74) is 8.08. The number of H-pyrrole nitrogens is 1. The number of oxazole rings is 1. The molecule has 0 aliphatic heterocycles. The molecule has 2 atom stereocenters. The van der Waals surface area contributed by atoms with Gasteiger partial charge < -0.3 is 15.3 Å². The standard InChI is InChI=1S/C12H16N2O3/c1-2-7(6-15)11(13)8-3-4-9-10(5-8)17-12(16)14-9/h3-5,7,11,15H,2,6,13H2,1H3,(H,14,16). The Morgan fingerprint density at radius 2 is 2.29 bits per heavy atom. The molecular formula is C12H16N2O3. The molecule has 1 aromatic carbocycles. The van der Waals surface area contributed by atoms with Crippen LogP contribution in [0.25, 0.3) is 11.1 Å². The van der Waals surface area contributed by atoms with Crippen molar-refractivity contribution in [1.29, 1.82) is 0 Å². The second-order valence-corrected chi connectivity index (χ2v) is 4.15. The molecular weight excluding hydrogens is 220 g/mol. The molecule has 0 aliphatic carbocycles. The minimum atomic E-state index is -0.472. The second kappa shape index (κ2) is 4.73. The van der Waals surface area contributed by atoms with Gasteiger partial charge in [0.15, 0.2) is 5.58 Å². The van der Waals surface area contributed by atoms with E-state index in [1.54, 1.807) is 12.1 Å². The van der Waals surface area contributed by atoms with E-state index in [4.69, 9.17) is 10.2 Å². The minimum Gasteiger partial charge on any atom is -0.408 e. The van der Waals surface area contributed by atoms with Crippen molar-refractivity contribution in [2.45, 2.75) is 19.4 Å². The number of aromatic amines is 1. The molecule has 0 amide bonds. The van der Waals surface area contributed by atoms with Crippen molar-refractivity contribution in [3.8, 4) is 0 Å². The molecule has 5 nitrogen and oxygen atoms in total. The van der Waals surface area contributed by atoms with Crippen molar-refractivity contribution < 1.29 is 9.52 Å². The zero-order valence-electron chi connectivity index (χ0n) is 9.64. The highest BCUT2D eigenvalue weighted by molar-refractivity contribution is 5.72. The van der Waals surface area contributed by atoms with Crippen molar-refractivity contribution in [2.24, 2.45) is 11.7 Å². The fourth-order valence-electron chi connectivity index (χ4n) is 1.94. The van der Waals surface area contributed by atoms with Gasteiger partial charge in [-0.25, -0.2) is 4.79 Å². The first-order valence-corrected chi connectivity index (χ1v) is 5.65. The van der Waals surface area contributed by atoms with Gasteiger partial charge in [-0.3, -0.25) is 4.98 Å². The van der Waals surface area contributed by atoms with Crippen LogP contribution in [0, 0.1) is 5.92 Å². The lowest BCUT2D eigenvalue weighted by atomic mass is 9.92. The van der Waals surface area contributed by atoms with Gasteiger partial charge in [-0.2, -0.15) is 0 Å². The number of hydrogen-bond acceptors (Lipinski definition) is 4. The molecule has 17 heavy (non-hydrogen) atoms. The topological polar surface area (TPSA) is 92.2 Å². The molecule has 4 N–H and O–H groups in total. The van der Waals surface area contributed by atoms with Crippen molar-refractivity contribution >= 4 is 11.1 Å². The van der Waals surface area contributed by atoms with Gasteiger partial charge in [0.2, 0.25) is 0 Å². The van der Waals surface area contributed by atoms with Gasteiger partial charge in [-0.05, 0) is 24.1 Å². The summed E-state index contributed by atoms with van der Waals surface area (Å²) in [4.78, 5) is 13.6. The van der Waals surface area contributed by atoms with E-state index in [2.05, 4.69) is 4.98 Å². The van der Waals surface area contributed by atoms with E-state index < -0.39 is 5.76 Å². The predicted molar refractivity (Wildman–Crippen MR) is 64.6 cm³/mol. The first kappa shape index (κ1) is 11.9. The van der Waals surface area contributed by atoms with Gasteiger partial charge in [-0.1, -0.05) is 13.0 Å². The summed E-state index contributed by atoms with van der Waals surface area (Å²) in [5.74, 6) is -0.460. The Morgan fingerprint density at radius 1 is 1.53 bits per heavy atom. The van der Waals surface area contributed by atoms with Gasteiger partial charge >= 0.3 is 5.76 Å². The summed E-state index contributed by atoms with van der Waals surface area (Å²) in [7, 11) is 0. The fraction of sp³-hybridized carbons (Fsp3) is 0.417. The van der Waals surface area contributed by atoms with Crippen molar-refractivity contribution in [3.05, 3.63) is 34.3 Å². The highest BCUT2D eigenvalue weighted by atomic mass is 16.4. The average molecular weight is 236 g/mol. The highest BCUT2D eigenvalue weighted by Gasteiger charge is 2.17. The van der Waals surface area contributed by atoms with Crippen molar-refractivity contribution in [2.75, 3.05) is 6.61 Å². The van der Waals surface area contributed by atoms with Crippen LogP contribution in [0.15, 0.2) is 27.4 Å². The van der Waals surface area contributed by atoms with E-state index in [9.17, 15) is 9.90 Å². The quantitative estimate of drug-likeness (QED) is 0.742. The lowest BCUT2D eigenvalue weighted by Crippen LogP contribution is -2.23. The summed E-state index contributed by atoms with van der Waals surface area (Å²) in [6.45, 7) is 2.03. The number of aliphatic hydroxyl groups excluding tert-OH is 1. The Hall–Kier alpha value is -1.59. The molecule has 0 saturated heterocycles. The van der Waals surface area contributed by atoms with E-state index in [-0.39, 0.29) is 18.6 Å². The molecule has 2 rings (SSSR count). The number of aromatic nitrogens is 1. The first-order chi connectivity index (χ1) is 8.15. The van der Waals surface area contributed by atoms with E-state index >= 15 is 0 Å². The normalized spacial score (nSPS) is 15.0. The third kappa shape index (κ3) is 2.25. The van der Waals surface area contributed by atoms with E-state index in [1.165, 1.54) is 0 Å². The Kier molecular flexibility index (Phi) is 3.31. The highest BCUT2D eigenvalue weighted by Crippen LogP contribution is 2.24. The number of nitrogens with two attached hydrogens (primary N) is 1. The molecule has 0 spiro atoms. The number of nitrogens with one attached hydrogen (secondary N) is 1. The summed E-state index contributed by atoms with van der Waals surface area (Å²) in [6.07, 6.45) is 0.798. The second-order valence-electron chi connectivity index (χ2n) is 4.15. The third-order valence-corrected chi connectivity index (χ3v) is 3.10. The molecule has 2 aromatic rings. The fourth-order valence-corrected chi connectivity index (χ4v) is 1.94. The molecule has 0 aliphatic rings. The predicted octanol–water partition coefficient (Wildman–Crippen LogP) is 1.14. The zero-order chi connectivity index (χ0) is 12.4. The molecule has 1 heterocycles. The summed E-state index contributed by atoms with van der Waals surface area (Å²) in [5, 5.41) is 9.22. The van der Waals surface area contributed by atoms with Gasteiger partial charge in [-0.15, -0.1) is 0 Å².